The van der Waals surface area contributed by atoms with Crippen molar-refractivity contribution in [3.05, 3.63) is 41.0 Å². The molecule has 2 heterocycles. The summed E-state index contributed by atoms with van der Waals surface area (Å²) in [6.45, 7) is 4.33. The molecule has 0 fully saturated rings. The SMILES string of the molecule is C#CCn1c(=NC(=O)c2ccn(C(C)C)n2)sc2cc(OC)ccc21. The van der Waals surface area contributed by atoms with Crippen LogP contribution in [-0.4, -0.2) is 27.4 Å². The van der Waals surface area contributed by atoms with E-state index in [2.05, 4.69) is 16.0 Å². The van der Waals surface area contributed by atoms with Crippen LogP contribution in [0.2, 0.25) is 0 Å². The van der Waals surface area contributed by atoms with Gasteiger partial charge in [-0.2, -0.15) is 10.1 Å². The summed E-state index contributed by atoms with van der Waals surface area (Å²) in [7, 11) is 1.62. The quantitative estimate of drug-likeness (QED) is 0.677. The number of methoxy groups -OCH3 is 1. The maximum atomic E-state index is 12.5. The molecule has 0 aliphatic heterocycles. The van der Waals surface area contributed by atoms with Crippen LogP contribution in [0.25, 0.3) is 10.2 Å². The zero-order chi connectivity index (χ0) is 18.0. The lowest BCUT2D eigenvalue weighted by atomic mass is 10.3. The van der Waals surface area contributed by atoms with Gasteiger partial charge in [-0.05, 0) is 38.1 Å². The number of hydrogen-bond acceptors (Lipinski definition) is 4. The minimum atomic E-state index is -0.385. The van der Waals surface area contributed by atoms with Crippen LogP contribution >= 0.6 is 11.3 Å². The maximum Gasteiger partial charge on any atom is 0.300 e. The molecule has 0 atom stereocenters. The highest BCUT2D eigenvalue weighted by molar-refractivity contribution is 7.16. The number of carbonyl (C=O) groups is 1. The number of amides is 1. The summed E-state index contributed by atoms with van der Waals surface area (Å²) in [5.41, 5.74) is 1.24. The molecule has 3 aromatic rings. The first kappa shape index (κ1) is 17.0. The second-order valence-corrected chi connectivity index (χ2v) is 6.71. The van der Waals surface area contributed by atoms with E-state index in [1.165, 1.54) is 11.3 Å². The summed E-state index contributed by atoms with van der Waals surface area (Å²) in [4.78, 5) is 17.3. The smallest absolute Gasteiger partial charge is 0.300 e. The molecule has 0 spiro atoms. The van der Waals surface area contributed by atoms with Crippen molar-refractivity contribution in [3.8, 4) is 18.1 Å². The van der Waals surface area contributed by atoms with E-state index in [9.17, 15) is 4.79 Å². The monoisotopic (exact) mass is 354 g/mol. The predicted octanol–water partition coefficient (Wildman–Crippen LogP) is 2.86. The highest BCUT2D eigenvalue weighted by Gasteiger charge is 2.12. The number of hydrogen-bond donors (Lipinski definition) is 0. The number of rotatable bonds is 4. The molecule has 0 aliphatic carbocycles. The van der Waals surface area contributed by atoms with Crippen LogP contribution in [0.15, 0.2) is 35.5 Å². The van der Waals surface area contributed by atoms with Gasteiger partial charge in [0.2, 0.25) is 0 Å². The van der Waals surface area contributed by atoms with Crippen molar-refractivity contribution in [3.63, 3.8) is 0 Å². The third-order valence-electron chi connectivity index (χ3n) is 3.69. The molecule has 1 aromatic carbocycles. The van der Waals surface area contributed by atoms with Crippen LogP contribution < -0.4 is 9.54 Å². The molecular formula is C18H18N4O2S. The molecule has 128 valence electrons. The van der Waals surface area contributed by atoms with Gasteiger partial charge in [0.15, 0.2) is 10.5 Å². The van der Waals surface area contributed by atoms with Gasteiger partial charge < -0.3 is 9.30 Å². The lowest BCUT2D eigenvalue weighted by molar-refractivity contribution is 0.0992. The zero-order valence-corrected chi connectivity index (χ0v) is 15.1. The molecular weight excluding hydrogens is 336 g/mol. The fraction of sp³-hybridized carbons (Fsp3) is 0.278. The summed E-state index contributed by atoms with van der Waals surface area (Å²) in [6.07, 6.45) is 7.26. The van der Waals surface area contributed by atoms with Crippen molar-refractivity contribution >= 4 is 27.5 Å². The van der Waals surface area contributed by atoms with Gasteiger partial charge in [0, 0.05) is 12.2 Å². The Morgan fingerprint density at radius 2 is 2.24 bits per heavy atom. The molecule has 0 unspecified atom stereocenters. The van der Waals surface area contributed by atoms with E-state index in [0.29, 0.717) is 17.0 Å². The van der Waals surface area contributed by atoms with Gasteiger partial charge in [0.1, 0.15) is 5.75 Å². The van der Waals surface area contributed by atoms with E-state index in [4.69, 9.17) is 11.2 Å². The van der Waals surface area contributed by atoms with E-state index in [0.717, 1.165) is 16.0 Å². The largest absolute Gasteiger partial charge is 0.497 e. The minimum absolute atomic E-state index is 0.185. The van der Waals surface area contributed by atoms with Crippen molar-refractivity contribution in [2.24, 2.45) is 4.99 Å². The van der Waals surface area contributed by atoms with Gasteiger partial charge in [0.25, 0.3) is 5.91 Å². The molecule has 3 rings (SSSR count). The lowest BCUT2D eigenvalue weighted by Gasteiger charge is -2.03. The average Bonchev–Trinajstić information content (AvgIpc) is 3.20. The average molecular weight is 354 g/mol. The third-order valence-corrected chi connectivity index (χ3v) is 4.73. The Morgan fingerprint density at radius 3 is 2.88 bits per heavy atom. The molecule has 0 aliphatic rings. The molecule has 0 saturated carbocycles. The number of nitrogens with zero attached hydrogens (tertiary/aromatic N) is 4. The lowest BCUT2D eigenvalue weighted by Crippen LogP contribution is -2.16. The van der Waals surface area contributed by atoms with E-state index in [-0.39, 0.29) is 11.9 Å². The summed E-state index contributed by atoms with van der Waals surface area (Å²) in [5, 5.41) is 4.27. The molecule has 6 nitrogen and oxygen atoms in total. The van der Waals surface area contributed by atoms with Crippen molar-refractivity contribution in [2.75, 3.05) is 7.11 Å². The Morgan fingerprint density at radius 1 is 1.44 bits per heavy atom. The van der Waals surface area contributed by atoms with Gasteiger partial charge in [-0.1, -0.05) is 17.3 Å². The van der Waals surface area contributed by atoms with Crippen LogP contribution in [-0.2, 0) is 6.54 Å². The Hall–Kier alpha value is -2.85. The number of thiazole rings is 1. The van der Waals surface area contributed by atoms with Crippen molar-refractivity contribution in [1.82, 2.24) is 14.3 Å². The number of fused-ring (bicyclic) bond motifs is 1. The highest BCUT2D eigenvalue weighted by atomic mass is 32.1. The van der Waals surface area contributed by atoms with Crippen molar-refractivity contribution in [1.29, 1.82) is 0 Å². The van der Waals surface area contributed by atoms with Gasteiger partial charge in [-0.15, -0.1) is 6.42 Å². The molecule has 2 aromatic heterocycles. The molecule has 0 N–H and O–H groups in total. The fourth-order valence-electron chi connectivity index (χ4n) is 2.39. The van der Waals surface area contributed by atoms with E-state index < -0.39 is 0 Å². The topological polar surface area (TPSA) is 61.4 Å². The Balaban J connectivity index is 2.09. The van der Waals surface area contributed by atoms with Crippen molar-refractivity contribution < 1.29 is 9.53 Å². The number of terminal acetylenes is 1. The summed E-state index contributed by atoms with van der Waals surface area (Å²) in [6, 6.07) is 7.54. The normalized spacial score (nSPS) is 11.9. The third kappa shape index (κ3) is 3.35. The van der Waals surface area contributed by atoms with Gasteiger partial charge >= 0.3 is 0 Å². The number of carbonyl (C=O) groups excluding carboxylic acids is 1. The van der Waals surface area contributed by atoms with Gasteiger partial charge in [-0.25, -0.2) is 0 Å². The molecule has 1 amide bonds. The second-order valence-electron chi connectivity index (χ2n) is 5.70. The number of benzene rings is 1. The second kappa shape index (κ2) is 6.95. The first-order valence-corrected chi connectivity index (χ1v) is 8.60. The molecule has 0 bridgehead atoms. The van der Waals surface area contributed by atoms with E-state index >= 15 is 0 Å². The summed E-state index contributed by atoms with van der Waals surface area (Å²) < 4.78 is 9.78. The molecule has 0 radical (unpaired) electrons. The standard InChI is InChI=1S/C18H18N4O2S/c1-5-9-21-15-7-6-13(24-4)11-16(15)25-18(21)19-17(23)14-8-10-22(20-14)12(2)3/h1,6-8,10-12H,9H2,2-4H3. The molecule has 0 saturated heterocycles. The van der Waals surface area contributed by atoms with Crippen LogP contribution in [0.5, 0.6) is 5.75 Å². The predicted molar refractivity (Wildman–Crippen MR) is 97.7 cm³/mol. The fourth-order valence-corrected chi connectivity index (χ4v) is 3.45. The minimum Gasteiger partial charge on any atom is -0.497 e. The highest BCUT2D eigenvalue weighted by Crippen LogP contribution is 2.23. The van der Waals surface area contributed by atoms with Crippen LogP contribution in [0, 0.1) is 12.3 Å². The zero-order valence-electron chi connectivity index (χ0n) is 14.3. The van der Waals surface area contributed by atoms with Crippen molar-refractivity contribution in [2.45, 2.75) is 26.4 Å². The molecule has 25 heavy (non-hydrogen) atoms. The van der Waals surface area contributed by atoms with Crippen LogP contribution in [0.3, 0.4) is 0 Å². The molecule has 7 heteroatoms. The first-order chi connectivity index (χ1) is 12.0. The maximum absolute atomic E-state index is 12.5. The number of ether oxygens (including phenoxy) is 1. The van der Waals surface area contributed by atoms with Crippen LogP contribution in [0.4, 0.5) is 0 Å². The Bertz CT molecular complexity index is 1030. The Kier molecular flexibility index (Phi) is 4.72. The van der Waals surface area contributed by atoms with Crippen LogP contribution in [0.1, 0.15) is 30.4 Å². The first-order valence-electron chi connectivity index (χ1n) is 7.78. The number of aromatic nitrogens is 3. The van der Waals surface area contributed by atoms with E-state index in [1.54, 1.807) is 24.1 Å². The summed E-state index contributed by atoms with van der Waals surface area (Å²) in [5.74, 6) is 2.97. The summed E-state index contributed by atoms with van der Waals surface area (Å²) >= 11 is 1.39. The van der Waals surface area contributed by atoms with Gasteiger partial charge in [-0.3, -0.25) is 9.48 Å². The van der Waals surface area contributed by atoms with E-state index in [1.807, 2.05) is 36.6 Å². The Labute approximate surface area is 149 Å². The van der Waals surface area contributed by atoms with Gasteiger partial charge in [0.05, 0.1) is 23.9 Å².